The van der Waals surface area contributed by atoms with Crippen molar-refractivity contribution >= 4 is 39.3 Å². The Labute approximate surface area is 162 Å². The Bertz CT molecular complexity index is 657. The van der Waals surface area contributed by atoms with Crippen molar-refractivity contribution in [1.29, 1.82) is 0 Å². The van der Waals surface area contributed by atoms with Crippen LogP contribution in [0.15, 0.2) is 22.7 Å². The number of amides is 3. The Kier molecular flexibility index (Phi) is 8.09. The zero-order valence-electron chi connectivity index (χ0n) is 15.1. The smallest absolute Gasteiger partial charge is 0.243 e. The van der Waals surface area contributed by atoms with E-state index in [1.165, 1.54) is 6.42 Å². The topological polar surface area (TPSA) is 87.3 Å². The summed E-state index contributed by atoms with van der Waals surface area (Å²) >= 11 is 3.36. The molecule has 0 aliphatic heterocycles. The standard InChI is InChI=1S/C19H26BrN3O3/c1-13-7-8-15(20)11-16(13)23-18(25)12-22-17(24)9-10-21-19(26)14-5-3-2-4-6-14/h7-8,11,14H,2-6,9-10,12H2,1H3,(H,21,26)(H,22,24)(H,23,25). The van der Waals surface area contributed by atoms with E-state index in [0.29, 0.717) is 12.2 Å². The first-order chi connectivity index (χ1) is 12.5. The van der Waals surface area contributed by atoms with Gasteiger partial charge in [0.1, 0.15) is 0 Å². The number of aryl methyl sites for hydroxylation is 1. The number of carbonyl (C=O) groups is 3. The lowest BCUT2D eigenvalue weighted by atomic mass is 9.89. The van der Waals surface area contributed by atoms with Gasteiger partial charge < -0.3 is 16.0 Å². The third-order valence-corrected chi connectivity index (χ3v) is 5.04. The summed E-state index contributed by atoms with van der Waals surface area (Å²) < 4.78 is 0.871. The normalized spacial score (nSPS) is 14.5. The van der Waals surface area contributed by atoms with Gasteiger partial charge in [-0.25, -0.2) is 0 Å². The monoisotopic (exact) mass is 423 g/mol. The molecule has 3 N–H and O–H groups in total. The first-order valence-electron chi connectivity index (χ1n) is 9.06. The number of anilines is 1. The van der Waals surface area contributed by atoms with E-state index in [1.54, 1.807) is 0 Å². The first-order valence-corrected chi connectivity index (χ1v) is 9.85. The molecule has 0 aromatic heterocycles. The van der Waals surface area contributed by atoms with Crippen LogP contribution in [0.5, 0.6) is 0 Å². The van der Waals surface area contributed by atoms with Gasteiger partial charge in [0.2, 0.25) is 17.7 Å². The summed E-state index contributed by atoms with van der Waals surface area (Å²) in [6, 6.07) is 5.61. The van der Waals surface area contributed by atoms with E-state index in [9.17, 15) is 14.4 Å². The molecule has 142 valence electrons. The summed E-state index contributed by atoms with van der Waals surface area (Å²) in [6.07, 6.45) is 5.45. The Hall–Kier alpha value is -1.89. The number of carbonyl (C=O) groups excluding carboxylic acids is 3. The molecule has 0 unspecified atom stereocenters. The molecule has 0 spiro atoms. The Morgan fingerprint density at radius 1 is 1.08 bits per heavy atom. The Balaban J connectivity index is 1.64. The van der Waals surface area contributed by atoms with Gasteiger partial charge in [-0.2, -0.15) is 0 Å². The minimum atomic E-state index is -0.286. The van der Waals surface area contributed by atoms with Crippen molar-refractivity contribution in [3.05, 3.63) is 28.2 Å². The minimum absolute atomic E-state index is 0.0420. The third kappa shape index (κ3) is 6.78. The molecule has 26 heavy (non-hydrogen) atoms. The molecule has 7 heteroatoms. The SMILES string of the molecule is Cc1ccc(Br)cc1NC(=O)CNC(=O)CCNC(=O)C1CCCCC1. The number of halogens is 1. The van der Waals surface area contributed by atoms with Crippen molar-refractivity contribution in [2.45, 2.75) is 45.4 Å². The van der Waals surface area contributed by atoms with Crippen LogP contribution in [0.25, 0.3) is 0 Å². The van der Waals surface area contributed by atoms with E-state index < -0.39 is 0 Å². The maximum absolute atomic E-state index is 12.0. The van der Waals surface area contributed by atoms with Crippen molar-refractivity contribution in [2.75, 3.05) is 18.4 Å². The van der Waals surface area contributed by atoms with Gasteiger partial charge in [0, 0.05) is 29.0 Å². The zero-order valence-corrected chi connectivity index (χ0v) is 16.7. The summed E-state index contributed by atoms with van der Waals surface area (Å²) in [5, 5.41) is 8.17. The number of benzene rings is 1. The molecule has 0 bridgehead atoms. The van der Waals surface area contributed by atoms with Crippen LogP contribution in [-0.4, -0.2) is 30.8 Å². The molecule has 0 radical (unpaired) electrons. The van der Waals surface area contributed by atoms with Crippen LogP contribution in [0.3, 0.4) is 0 Å². The summed E-state index contributed by atoms with van der Waals surface area (Å²) in [4.78, 5) is 35.8. The summed E-state index contributed by atoms with van der Waals surface area (Å²) in [5.41, 5.74) is 1.65. The average Bonchev–Trinajstić information content (AvgIpc) is 2.63. The molecule has 1 aliphatic rings. The lowest BCUT2D eigenvalue weighted by Crippen LogP contribution is -2.37. The summed E-state index contributed by atoms with van der Waals surface area (Å²) in [7, 11) is 0. The molecule has 1 saturated carbocycles. The van der Waals surface area contributed by atoms with Crippen LogP contribution in [0.4, 0.5) is 5.69 Å². The largest absolute Gasteiger partial charge is 0.355 e. The molecular formula is C19H26BrN3O3. The van der Waals surface area contributed by atoms with Gasteiger partial charge in [-0.05, 0) is 37.5 Å². The van der Waals surface area contributed by atoms with Crippen molar-refractivity contribution < 1.29 is 14.4 Å². The lowest BCUT2D eigenvalue weighted by Gasteiger charge is -2.20. The van der Waals surface area contributed by atoms with Crippen molar-refractivity contribution in [3.8, 4) is 0 Å². The molecule has 3 amide bonds. The zero-order chi connectivity index (χ0) is 18.9. The first kappa shape index (κ1) is 20.4. The fourth-order valence-electron chi connectivity index (χ4n) is 3.00. The predicted octanol–water partition coefficient (Wildman–Crippen LogP) is 2.90. The second-order valence-corrected chi connectivity index (χ2v) is 7.58. The van der Waals surface area contributed by atoms with Crippen molar-refractivity contribution in [1.82, 2.24) is 10.6 Å². The van der Waals surface area contributed by atoms with Gasteiger partial charge in [0.05, 0.1) is 6.54 Å². The number of rotatable bonds is 7. The highest BCUT2D eigenvalue weighted by atomic mass is 79.9. The van der Waals surface area contributed by atoms with Gasteiger partial charge in [0.25, 0.3) is 0 Å². The highest BCUT2D eigenvalue weighted by molar-refractivity contribution is 9.10. The van der Waals surface area contributed by atoms with E-state index in [2.05, 4.69) is 31.9 Å². The molecule has 6 nitrogen and oxygen atoms in total. The summed E-state index contributed by atoms with van der Waals surface area (Å²) in [6.45, 7) is 2.10. The van der Waals surface area contributed by atoms with E-state index >= 15 is 0 Å². The minimum Gasteiger partial charge on any atom is -0.355 e. The van der Waals surface area contributed by atoms with Gasteiger partial charge in [-0.3, -0.25) is 14.4 Å². The van der Waals surface area contributed by atoms with Gasteiger partial charge >= 0.3 is 0 Å². The number of hydrogen-bond acceptors (Lipinski definition) is 3. The lowest BCUT2D eigenvalue weighted by molar-refractivity contribution is -0.126. The average molecular weight is 424 g/mol. The second-order valence-electron chi connectivity index (χ2n) is 6.66. The summed E-state index contributed by atoms with van der Waals surface area (Å²) in [5.74, 6) is -0.410. The van der Waals surface area contributed by atoms with Crippen LogP contribution >= 0.6 is 15.9 Å². The van der Waals surface area contributed by atoms with Crippen LogP contribution in [0.1, 0.15) is 44.1 Å². The molecule has 2 rings (SSSR count). The quantitative estimate of drug-likeness (QED) is 0.629. The highest BCUT2D eigenvalue weighted by Gasteiger charge is 2.20. The van der Waals surface area contributed by atoms with Crippen LogP contribution in [0.2, 0.25) is 0 Å². The molecule has 1 aliphatic carbocycles. The predicted molar refractivity (Wildman–Crippen MR) is 105 cm³/mol. The molecule has 1 aromatic rings. The molecular weight excluding hydrogens is 398 g/mol. The van der Waals surface area contributed by atoms with E-state index in [1.807, 2.05) is 25.1 Å². The van der Waals surface area contributed by atoms with Crippen molar-refractivity contribution in [3.63, 3.8) is 0 Å². The highest BCUT2D eigenvalue weighted by Crippen LogP contribution is 2.23. The number of hydrogen-bond donors (Lipinski definition) is 3. The van der Waals surface area contributed by atoms with E-state index in [0.717, 1.165) is 35.7 Å². The molecule has 1 aromatic carbocycles. The van der Waals surface area contributed by atoms with E-state index in [-0.39, 0.29) is 36.6 Å². The van der Waals surface area contributed by atoms with Crippen LogP contribution in [-0.2, 0) is 14.4 Å². The fraction of sp³-hybridized carbons (Fsp3) is 0.526. The number of nitrogens with one attached hydrogen (secondary N) is 3. The van der Waals surface area contributed by atoms with Crippen LogP contribution in [0, 0.1) is 12.8 Å². The van der Waals surface area contributed by atoms with Crippen molar-refractivity contribution in [2.24, 2.45) is 5.92 Å². The Morgan fingerprint density at radius 2 is 1.81 bits per heavy atom. The van der Waals surface area contributed by atoms with Gasteiger partial charge in [0.15, 0.2) is 0 Å². The Morgan fingerprint density at radius 3 is 2.54 bits per heavy atom. The molecule has 0 atom stereocenters. The fourth-order valence-corrected chi connectivity index (χ4v) is 3.36. The maximum atomic E-state index is 12.0. The van der Waals surface area contributed by atoms with E-state index in [4.69, 9.17) is 0 Å². The van der Waals surface area contributed by atoms with Crippen LogP contribution < -0.4 is 16.0 Å². The van der Waals surface area contributed by atoms with Gasteiger partial charge in [-0.1, -0.05) is 41.3 Å². The third-order valence-electron chi connectivity index (χ3n) is 4.55. The maximum Gasteiger partial charge on any atom is 0.243 e. The molecule has 1 fully saturated rings. The molecule has 0 heterocycles. The van der Waals surface area contributed by atoms with Gasteiger partial charge in [-0.15, -0.1) is 0 Å². The molecule has 0 saturated heterocycles. The second kappa shape index (κ2) is 10.3.